The summed E-state index contributed by atoms with van der Waals surface area (Å²) in [6.07, 6.45) is 3.69. The van der Waals surface area contributed by atoms with Crippen molar-refractivity contribution < 1.29 is 19.0 Å². The number of hydrogen-bond donors (Lipinski definition) is 3. The number of carbonyl (C=O) groups is 1. The quantitative estimate of drug-likeness (QED) is 0.301. The molecule has 0 aliphatic carbocycles. The summed E-state index contributed by atoms with van der Waals surface area (Å²) in [4.78, 5) is 24.1. The van der Waals surface area contributed by atoms with E-state index in [1.54, 1.807) is 25.6 Å². The molecule has 5 rings (SSSR count). The summed E-state index contributed by atoms with van der Waals surface area (Å²) < 4.78 is 17.5. The zero-order chi connectivity index (χ0) is 28.6. The molecule has 2 aliphatic rings. The Morgan fingerprint density at radius 2 is 1.88 bits per heavy atom. The van der Waals surface area contributed by atoms with E-state index in [9.17, 15) is 4.79 Å². The molecular weight excluding hydrogens is 522 g/mol. The van der Waals surface area contributed by atoms with Gasteiger partial charge in [-0.25, -0.2) is 15.0 Å². The van der Waals surface area contributed by atoms with Crippen molar-refractivity contribution in [2.75, 3.05) is 64.4 Å². The van der Waals surface area contributed by atoms with Gasteiger partial charge in [0.05, 0.1) is 25.3 Å². The maximum Gasteiger partial charge on any atom is 0.265 e. The van der Waals surface area contributed by atoms with E-state index in [0.717, 1.165) is 54.9 Å². The zero-order valence-electron chi connectivity index (χ0n) is 24.2. The van der Waals surface area contributed by atoms with Crippen molar-refractivity contribution in [3.8, 4) is 17.2 Å². The van der Waals surface area contributed by atoms with Crippen LogP contribution in [0.25, 0.3) is 10.9 Å². The molecule has 2 aliphatic heterocycles. The van der Waals surface area contributed by atoms with Gasteiger partial charge >= 0.3 is 0 Å². The van der Waals surface area contributed by atoms with Crippen LogP contribution in [-0.2, 0) is 0 Å². The monoisotopic (exact) mass is 563 g/mol. The number of nitrogens with zero attached hydrogens (tertiary/aromatic N) is 4. The van der Waals surface area contributed by atoms with Crippen LogP contribution in [0.3, 0.4) is 0 Å². The topological polar surface area (TPSA) is 113 Å². The number of benzene rings is 2. The molecule has 220 valence electrons. The van der Waals surface area contributed by atoms with E-state index >= 15 is 0 Å². The molecule has 11 nitrogen and oxygen atoms in total. The fraction of sp³-hybridized carbons (Fsp3) is 0.500. The zero-order valence-corrected chi connectivity index (χ0v) is 24.2. The fourth-order valence-corrected chi connectivity index (χ4v) is 5.20. The number of rotatable bonds is 11. The predicted molar refractivity (Wildman–Crippen MR) is 159 cm³/mol. The van der Waals surface area contributed by atoms with E-state index in [0.29, 0.717) is 55.9 Å². The van der Waals surface area contributed by atoms with Crippen LogP contribution in [0, 0.1) is 0 Å². The number of methoxy groups -OCH3 is 1. The van der Waals surface area contributed by atoms with E-state index in [2.05, 4.69) is 30.9 Å². The first-order valence-electron chi connectivity index (χ1n) is 14.5. The summed E-state index contributed by atoms with van der Waals surface area (Å²) in [6.45, 7) is 10.3. The normalized spacial score (nSPS) is 18.0. The second-order valence-electron chi connectivity index (χ2n) is 10.7. The summed E-state index contributed by atoms with van der Waals surface area (Å²) in [5, 5.41) is 9.82. The number of hydrogen-bond acceptors (Lipinski definition) is 10. The van der Waals surface area contributed by atoms with Crippen molar-refractivity contribution >= 4 is 22.6 Å². The van der Waals surface area contributed by atoms with Gasteiger partial charge in [0.15, 0.2) is 11.5 Å². The van der Waals surface area contributed by atoms with Crippen LogP contribution >= 0.6 is 0 Å². The summed E-state index contributed by atoms with van der Waals surface area (Å²) >= 11 is 0. The lowest BCUT2D eigenvalue weighted by molar-refractivity contribution is 0.0777. The highest BCUT2D eigenvalue weighted by Crippen LogP contribution is 2.35. The van der Waals surface area contributed by atoms with Crippen molar-refractivity contribution in [2.45, 2.75) is 38.8 Å². The van der Waals surface area contributed by atoms with E-state index in [1.165, 1.54) is 0 Å². The molecule has 1 amide bonds. The Morgan fingerprint density at radius 1 is 1.07 bits per heavy atom. The highest BCUT2D eigenvalue weighted by atomic mass is 16.5. The third-order valence-corrected chi connectivity index (χ3v) is 7.31. The Bertz CT molecular complexity index is 1290. The molecule has 2 fully saturated rings. The van der Waals surface area contributed by atoms with Crippen molar-refractivity contribution in [2.24, 2.45) is 0 Å². The maximum atomic E-state index is 12.8. The minimum atomic E-state index is -0.133. The lowest BCUT2D eigenvalue weighted by Gasteiger charge is -2.35. The number of aromatic nitrogens is 2. The summed E-state index contributed by atoms with van der Waals surface area (Å²) in [5.41, 5.74) is 4.43. The minimum Gasteiger partial charge on any atom is -0.493 e. The maximum absolute atomic E-state index is 12.8. The van der Waals surface area contributed by atoms with Crippen LogP contribution < -0.4 is 35.2 Å². The fourth-order valence-electron chi connectivity index (χ4n) is 5.20. The number of anilines is 1. The summed E-state index contributed by atoms with van der Waals surface area (Å²) in [7, 11) is 1.65. The molecule has 0 spiro atoms. The number of carbonyl (C=O) groups excluding carboxylic acids is 1. The van der Waals surface area contributed by atoms with Crippen LogP contribution in [0.4, 0.5) is 5.82 Å². The van der Waals surface area contributed by atoms with Crippen molar-refractivity contribution in [1.82, 2.24) is 31.0 Å². The third-order valence-electron chi connectivity index (χ3n) is 7.31. The molecule has 2 saturated heterocycles. The van der Waals surface area contributed by atoms with Crippen LogP contribution in [-0.4, -0.2) is 92.6 Å². The predicted octanol–water partition coefficient (Wildman–Crippen LogP) is 2.61. The number of amides is 1. The number of piperazine rings is 2. The highest BCUT2D eigenvalue weighted by Gasteiger charge is 2.23. The smallest absolute Gasteiger partial charge is 0.265 e. The van der Waals surface area contributed by atoms with Crippen LogP contribution in [0.5, 0.6) is 17.2 Å². The van der Waals surface area contributed by atoms with Crippen LogP contribution in [0.2, 0.25) is 0 Å². The Morgan fingerprint density at radius 3 is 2.59 bits per heavy atom. The van der Waals surface area contributed by atoms with Gasteiger partial charge in [-0.05, 0) is 57.0 Å². The van der Waals surface area contributed by atoms with Gasteiger partial charge < -0.3 is 29.7 Å². The molecule has 1 aromatic heterocycles. The number of ether oxygens (including phenoxy) is 3. The second kappa shape index (κ2) is 13.8. The SMILES string of the molecule is COc1cc2c(N3CCN(NC(=O)c4ccc(OC(C)C)cc4)CC3)ncnc2cc1OCCCC1CNCCN1. The first kappa shape index (κ1) is 28.8. The molecule has 0 radical (unpaired) electrons. The molecule has 2 aromatic carbocycles. The Kier molecular flexibility index (Phi) is 9.71. The van der Waals surface area contributed by atoms with E-state index in [-0.39, 0.29) is 12.0 Å². The number of hydrazine groups is 1. The molecule has 41 heavy (non-hydrogen) atoms. The van der Waals surface area contributed by atoms with Crippen molar-refractivity contribution in [1.29, 1.82) is 0 Å². The Hall–Kier alpha value is -3.67. The van der Waals surface area contributed by atoms with Crippen molar-refractivity contribution in [3.63, 3.8) is 0 Å². The van der Waals surface area contributed by atoms with Gasteiger partial charge in [-0.3, -0.25) is 10.2 Å². The standard InChI is InChI=1S/C30H41N7O4/c1-21(2)41-24-8-6-22(7-9-24)30(38)35-37-14-12-36(13-15-37)29-25-17-27(39-3)28(18-26(25)33-20-34-29)40-16-4-5-23-19-31-10-11-32-23/h6-9,17-18,20-21,23,31-32H,4-5,10-16,19H2,1-3H3,(H,35,38). The molecule has 1 atom stereocenters. The molecule has 1 unspecified atom stereocenters. The van der Waals surface area contributed by atoms with Crippen molar-refractivity contribution in [3.05, 3.63) is 48.3 Å². The van der Waals surface area contributed by atoms with E-state index in [1.807, 2.05) is 43.1 Å². The van der Waals surface area contributed by atoms with Gasteiger partial charge in [0, 0.05) is 68.9 Å². The lowest BCUT2D eigenvalue weighted by Crippen LogP contribution is -2.53. The molecule has 11 heteroatoms. The van der Waals surface area contributed by atoms with Crippen LogP contribution in [0.1, 0.15) is 37.0 Å². The number of nitrogens with one attached hydrogen (secondary N) is 3. The average molecular weight is 564 g/mol. The molecule has 0 saturated carbocycles. The van der Waals surface area contributed by atoms with Crippen LogP contribution in [0.15, 0.2) is 42.7 Å². The number of fused-ring (bicyclic) bond motifs is 1. The summed E-state index contributed by atoms with van der Waals surface area (Å²) in [5.74, 6) is 2.83. The van der Waals surface area contributed by atoms with E-state index in [4.69, 9.17) is 14.2 Å². The molecule has 3 aromatic rings. The lowest BCUT2D eigenvalue weighted by atomic mass is 10.1. The molecule has 0 bridgehead atoms. The minimum absolute atomic E-state index is 0.0891. The Labute approximate surface area is 241 Å². The molecular formula is C30H41N7O4. The first-order chi connectivity index (χ1) is 20.0. The third kappa shape index (κ3) is 7.55. The van der Waals surface area contributed by atoms with Gasteiger partial charge in [-0.1, -0.05) is 0 Å². The Balaban J connectivity index is 1.17. The first-order valence-corrected chi connectivity index (χ1v) is 14.5. The summed E-state index contributed by atoms with van der Waals surface area (Å²) in [6, 6.07) is 11.6. The second-order valence-corrected chi connectivity index (χ2v) is 10.7. The average Bonchev–Trinajstić information content (AvgIpc) is 2.99. The van der Waals surface area contributed by atoms with Gasteiger partial charge in [-0.15, -0.1) is 0 Å². The van der Waals surface area contributed by atoms with Gasteiger partial charge in [0.2, 0.25) is 0 Å². The molecule has 3 heterocycles. The van der Waals surface area contributed by atoms with Gasteiger partial charge in [-0.2, -0.15) is 0 Å². The van der Waals surface area contributed by atoms with Gasteiger partial charge in [0.25, 0.3) is 5.91 Å². The van der Waals surface area contributed by atoms with Gasteiger partial charge in [0.1, 0.15) is 17.9 Å². The highest BCUT2D eigenvalue weighted by molar-refractivity contribution is 5.94. The largest absolute Gasteiger partial charge is 0.493 e. The van der Waals surface area contributed by atoms with E-state index < -0.39 is 0 Å². The molecule has 3 N–H and O–H groups in total.